The van der Waals surface area contributed by atoms with Gasteiger partial charge in [0.25, 0.3) is 0 Å². The van der Waals surface area contributed by atoms with Crippen LogP contribution >= 0.6 is 0 Å². The molecule has 0 saturated carbocycles. The number of benzene rings is 10. The molecule has 1 aromatic heterocycles. The van der Waals surface area contributed by atoms with E-state index in [9.17, 15) is 0 Å². The Kier molecular flexibility index (Phi) is 8.19. The molecule has 0 aliphatic rings. The first kappa shape index (κ1) is 33.6. The van der Waals surface area contributed by atoms with E-state index in [1.54, 1.807) is 0 Å². The summed E-state index contributed by atoms with van der Waals surface area (Å²) in [5, 5.41) is 7.24. The first-order valence-electron chi connectivity index (χ1n) is 19.9. The van der Waals surface area contributed by atoms with Crippen LogP contribution in [-0.4, -0.2) is 4.57 Å². The maximum Gasteiger partial charge on any atom is 0.0619 e. The largest absolute Gasteiger partial charge is 0.309 e. The number of para-hydroxylation sites is 3. The van der Waals surface area contributed by atoms with Gasteiger partial charge in [0.1, 0.15) is 0 Å². The van der Waals surface area contributed by atoms with Crippen LogP contribution in [0.4, 0.5) is 17.1 Å². The van der Waals surface area contributed by atoms with Crippen LogP contribution in [0, 0.1) is 0 Å². The molecule has 58 heavy (non-hydrogen) atoms. The minimum absolute atomic E-state index is 1.10. The van der Waals surface area contributed by atoms with Crippen LogP contribution in [0.1, 0.15) is 0 Å². The lowest BCUT2D eigenvalue weighted by molar-refractivity contribution is 1.18. The van der Waals surface area contributed by atoms with Gasteiger partial charge in [0.15, 0.2) is 0 Å². The SMILES string of the molecule is c1ccc(-c2ccc3c(N(c4ccccc4)c4ccc5c(c4)c4ccccc4n5-c4ccccc4)c4cc(-c5ccccc5)ccc4c(-c4ccccc4)c3c2)cc1. The molecule has 11 aromatic rings. The molecule has 11 rings (SSSR count). The molecular weight excluding hydrogens is 701 g/mol. The summed E-state index contributed by atoms with van der Waals surface area (Å²) < 4.78 is 2.39. The van der Waals surface area contributed by atoms with E-state index in [4.69, 9.17) is 0 Å². The molecule has 0 aliphatic carbocycles. The number of rotatable bonds is 7. The van der Waals surface area contributed by atoms with Gasteiger partial charge in [-0.3, -0.25) is 0 Å². The minimum atomic E-state index is 1.10. The second-order valence-corrected chi connectivity index (χ2v) is 14.9. The van der Waals surface area contributed by atoms with E-state index < -0.39 is 0 Å². The van der Waals surface area contributed by atoms with Crippen LogP contribution in [0.2, 0.25) is 0 Å². The zero-order chi connectivity index (χ0) is 38.4. The number of hydrogen-bond acceptors (Lipinski definition) is 1. The minimum Gasteiger partial charge on any atom is -0.309 e. The number of hydrogen-bond donors (Lipinski definition) is 0. The van der Waals surface area contributed by atoms with Crippen molar-refractivity contribution in [2.75, 3.05) is 4.90 Å². The van der Waals surface area contributed by atoms with Gasteiger partial charge >= 0.3 is 0 Å². The van der Waals surface area contributed by atoms with Gasteiger partial charge in [-0.1, -0.05) is 170 Å². The highest BCUT2D eigenvalue weighted by molar-refractivity contribution is 6.24. The van der Waals surface area contributed by atoms with Crippen molar-refractivity contribution in [3.05, 3.63) is 231 Å². The molecule has 0 amide bonds. The number of fused-ring (bicyclic) bond motifs is 5. The average Bonchev–Trinajstić information content (AvgIpc) is 3.64. The smallest absolute Gasteiger partial charge is 0.0619 e. The Morgan fingerprint density at radius 1 is 0.276 bits per heavy atom. The molecule has 10 aromatic carbocycles. The normalized spacial score (nSPS) is 11.4. The van der Waals surface area contributed by atoms with Crippen molar-refractivity contribution in [3.8, 4) is 39.1 Å². The van der Waals surface area contributed by atoms with E-state index in [0.29, 0.717) is 0 Å². The van der Waals surface area contributed by atoms with Gasteiger partial charge in [-0.25, -0.2) is 0 Å². The zero-order valence-electron chi connectivity index (χ0n) is 31.8. The Bertz CT molecular complexity index is 3240. The Morgan fingerprint density at radius 3 is 1.45 bits per heavy atom. The Labute approximate surface area is 338 Å². The van der Waals surface area contributed by atoms with Crippen molar-refractivity contribution in [1.29, 1.82) is 0 Å². The van der Waals surface area contributed by atoms with Crippen molar-refractivity contribution in [3.63, 3.8) is 0 Å². The lowest BCUT2D eigenvalue weighted by atomic mass is 9.87. The van der Waals surface area contributed by atoms with Gasteiger partial charge in [-0.05, 0) is 105 Å². The van der Waals surface area contributed by atoms with E-state index in [2.05, 4.69) is 240 Å². The highest BCUT2D eigenvalue weighted by Gasteiger charge is 2.24. The summed E-state index contributed by atoms with van der Waals surface area (Å²) in [6, 6.07) is 83.8. The first-order valence-corrected chi connectivity index (χ1v) is 19.9. The topological polar surface area (TPSA) is 8.17 Å². The third-order valence-corrected chi connectivity index (χ3v) is 11.5. The first-order chi connectivity index (χ1) is 28.8. The fraction of sp³-hybridized carbons (Fsp3) is 0. The Balaban J connectivity index is 1.27. The number of anilines is 3. The summed E-state index contributed by atoms with van der Waals surface area (Å²) in [4.78, 5) is 2.49. The van der Waals surface area contributed by atoms with Gasteiger partial charge in [0.2, 0.25) is 0 Å². The van der Waals surface area contributed by atoms with Crippen molar-refractivity contribution in [2.24, 2.45) is 0 Å². The molecule has 2 heteroatoms. The third-order valence-electron chi connectivity index (χ3n) is 11.5. The maximum absolute atomic E-state index is 2.49. The van der Waals surface area contributed by atoms with Gasteiger partial charge in [-0.15, -0.1) is 0 Å². The summed E-state index contributed by atoms with van der Waals surface area (Å²) in [7, 11) is 0. The predicted molar refractivity (Wildman–Crippen MR) is 247 cm³/mol. The Hall–Kier alpha value is -7.68. The van der Waals surface area contributed by atoms with Crippen LogP contribution in [-0.2, 0) is 0 Å². The van der Waals surface area contributed by atoms with E-state index >= 15 is 0 Å². The van der Waals surface area contributed by atoms with Gasteiger partial charge in [0.05, 0.1) is 16.7 Å². The fourth-order valence-corrected chi connectivity index (χ4v) is 8.92. The molecule has 0 fully saturated rings. The highest BCUT2D eigenvalue weighted by atomic mass is 15.1. The number of nitrogens with zero attached hydrogens (tertiary/aromatic N) is 2. The van der Waals surface area contributed by atoms with Crippen molar-refractivity contribution < 1.29 is 0 Å². The van der Waals surface area contributed by atoms with Crippen molar-refractivity contribution in [1.82, 2.24) is 4.57 Å². The van der Waals surface area contributed by atoms with Crippen LogP contribution in [0.25, 0.3) is 82.4 Å². The molecule has 2 nitrogen and oxygen atoms in total. The van der Waals surface area contributed by atoms with E-state index in [-0.39, 0.29) is 0 Å². The molecule has 272 valence electrons. The second-order valence-electron chi connectivity index (χ2n) is 14.9. The second kappa shape index (κ2) is 14.1. The molecule has 0 unspecified atom stereocenters. The molecule has 0 aliphatic heterocycles. The fourth-order valence-electron chi connectivity index (χ4n) is 8.92. The zero-order valence-corrected chi connectivity index (χ0v) is 31.8. The molecule has 0 spiro atoms. The average molecular weight is 739 g/mol. The maximum atomic E-state index is 2.49. The summed E-state index contributed by atoms with van der Waals surface area (Å²) in [6.07, 6.45) is 0. The Morgan fingerprint density at radius 2 is 0.793 bits per heavy atom. The van der Waals surface area contributed by atoms with Crippen LogP contribution in [0.15, 0.2) is 231 Å². The van der Waals surface area contributed by atoms with E-state index in [1.807, 2.05) is 0 Å². The van der Waals surface area contributed by atoms with E-state index in [1.165, 1.54) is 76.7 Å². The molecular formula is C56H38N2. The number of aromatic nitrogens is 1. The lowest BCUT2D eigenvalue weighted by Gasteiger charge is -2.30. The highest BCUT2D eigenvalue weighted by Crippen LogP contribution is 2.50. The molecule has 0 N–H and O–H groups in total. The van der Waals surface area contributed by atoms with E-state index in [0.717, 1.165) is 22.7 Å². The molecule has 0 saturated heterocycles. The van der Waals surface area contributed by atoms with Gasteiger partial charge in [-0.2, -0.15) is 0 Å². The van der Waals surface area contributed by atoms with Crippen LogP contribution in [0.5, 0.6) is 0 Å². The summed E-state index contributed by atoms with van der Waals surface area (Å²) in [5.41, 5.74) is 14.1. The summed E-state index contributed by atoms with van der Waals surface area (Å²) in [6.45, 7) is 0. The van der Waals surface area contributed by atoms with Crippen molar-refractivity contribution in [2.45, 2.75) is 0 Å². The van der Waals surface area contributed by atoms with Crippen LogP contribution < -0.4 is 4.90 Å². The van der Waals surface area contributed by atoms with Gasteiger partial charge < -0.3 is 9.47 Å². The molecule has 0 bridgehead atoms. The van der Waals surface area contributed by atoms with Crippen molar-refractivity contribution >= 4 is 60.4 Å². The third kappa shape index (κ3) is 5.66. The predicted octanol–water partition coefficient (Wildman–Crippen LogP) is 15.6. The molecule has 1 heterocycles. The van der Waals surface area contributed by atoms with Crippen LogP contribution in [0.3, 0.4) is 0 Å². The summed E-state index contributed by atoms with van der Waals surface area (Å²) in [5.74, 6) is 0. The molecule has 0 radical (unpaired) electrons. The quantitative estimate of drug-likeness (QED) is 0.148. The standard InChI is InChI=1S/C56H38N2/c1-6-18-39(19-7-1)42-31-34-49-51(36-42)55(41-22-10-3-11-23-41)48-33-30-43(40-20-8-2-9-21-40)37-52(48)56(49)57(44-24-12-4-13-25-44)46-32-35-54-50(38-46)47-28-16-17-29-53(47)58(54)45-26-14-5-15-27-45/h1-38H. The van der Waals surface area contributed by atoms with Gasteiger partial charge in [0, 0.05) is 38.6 Å². The lowest BCUT2D eigenvalue weighted by Crippen LogP contribution is -2.11. The molecule has 0 atom stereocenters. The monoisotopic (exact) mass is 738 g/mol. The summed E-state index contributed by atoms with van der Waals surface area (Å²) >= 11 is 0.